The number of fused-ring (bicyclic) bond motifs is 1. The molecule has 4 nitrogen and oxygen atoms in total. The molecule has 78 valence electrons. The van der Waals surface area contributed by atoms with E-state index >= 15 is 0 Å². The Morgan fingerprint density at radius 2 is 2.27 bits per heavy atom. The van der Waals surface area contributed by atoms with E-state index in [1.165, 1.54) is 0 Å². The fraction of sp³-hybridized carbons (Fsp3) is 0.364. The molecular weight excluding hydrogens is 192 g/mol. The van der Waals surface area contributed by atoms with Crippen LogP contribution in [0.5, 0.6) is 0 Å². The zero-order valence-electron chi connectivity index (χ0n) is 8.30. The highest BCUT2D eigenvalue weighted by Crippen LogP contribution is 2.20. The molecule has 0 radical (unpaired) electrons. The van der Waals surface area contributed by atoms with Crippen LogP contribution in [0.2, 0.25) is 0 Å². The number of hydrogen-bond donors (Lipinski definition) is 0. The summed E-state index contributed by atoms with van der Waals surface area (Å²) in [6.07, 6.45) is 3.83. The molecule has 4 heteroatoms. The van der Waals surface area contributed by atoms with Gasteiger partial charge in [0, 0.05) is 18.0 Å². The molecule has 0 aliphatic carbocycles. The Kier molecular flexibility index (Phi) is 2.16. The zero-order chi connectivity index (χ0) is 10.1. The van der Waals surface area contributed by atoms with Crippen LogP contribution in [0.3, 0.4) is 0 Å². The molecule has 3 rings (SSSR count). The largest absolute Gasteiger partial charge is 0.376 e. The summed E-state index contributed by atoms with van der Waals surface area (Å²) in [5.74, 6) is 0. The Balaban J connectivity index is 1.95. The van der Waals surface area contributed by atoms with E-state index in [-0.39, 0.29) is 6.10 Å². The molecule has 3 heterocycles. The van der Waals surface area contributed by atoms with Crippen LogP contribution < -0.4 is 0 Å². The zero-order valence-corrected chi connectivity index (χ0v) is 8.30. The number of aromatic nitrogens is 2. The van der Waals surface area contributed by atoms with Crippen molar-refractivity contribution < 1.29 is 9.47 Å². The Morgan fingerprint density at radius 1 is 1.27 bits per heavy atom. The molecule has 1 saturated heterocycles. The van der Waals surface area contributed by atoms with Crippen molar-refractivity contribution in [2.75, 3.05) is 19.8 Å². The monoisotopic (exact) mass is 204 g/mol. The maximum Gasteiger partial charge on any atom is 0.107 e. The second-order valence-corrected chi connectivity index (χ2v) is 3.60. The second kappa shape index (κ2) is 3.64. The fourth-order valence-electron chi connectivity index (χ4n) is 1.80. The maximum atomic E-state index is 5.62. The summed E-state index contributed by atoms with van der Waals surface area (Å²) < 4.78 is 12.9. The highest BCUT2D eigenvalue weighted by molar-refractivity contribution is 5.46. The van der Waals surface area contributed by atoms with Crippen LogP contribution in [-0.4, -0.2) is 29.4 Å². The van der Waals surface area contributed by atoms with Crippen LogP contribution in [0, 0.1) is 0 Å². The summed E-state index contributed by atoms with van der Waals surface area (Å²) in [6.45, 7) is 2.00. The smallest absolute Gasteiger partial charge is 0.107 e. The highest BCUT2D eigenvalue weighted by Gasteiger charge is 2.16. The Morgan fingerprint density at radius 3 is 3.13 bits per heavy atom. The average molecular weight is 204 g/mol. The summed E-state index contributed by atoms with van der Waals surface area (Å²) in [5.41, 5.74) is 2.21. The quantitative estimate of drug-likeness (QED) is 0.704. The van der Waals surface area contributed by atoms with Crippen molar-refractivity contribution in [2.24, 2.45) is 0 Å². The molecule has 1 atom stereocenters. The number of ether oxygens (including phenoxy) is 2. The molecule has 0 bridgehead atoms. The van der Waals surface area contributed by atoms with Crippen molar-refractivity contribution in [1.29, 1.82) is 0 Å². The van der Waals surface area contributed by atoms with Gasteiger partial charge in [-0.3, -0.25) is 0 Å². The first kappa shape index (κ1) is 8.88. The minimum atomic E-state index is 0.0485. The van der Waals surface area contributed by atoms with Crippen molar-refractivity contribution in [1.82, 2.24) is 9.61 Å². The number of hydrogen-bond acceptors (Lipinski definition) is 3. The van der Waals surface area contributed by atoms with Gasteiger partial charge in [0.25, 0.3) is 0 Å². The van der Waals surface area contributed by atoms with Gasteiger partial charge in [0.1, 0.15) is 6.10 Å². The van der Waals surface area contributed by atoms with Crippen molar-refractivity contribution in [3.8, 4) is 0 Å². The van der Waals surface area contributed by atoms with Crippen LogP contribution in [0.1, 0.15) is 11.7 Å². The molecule has 1 unspecified atom stereocenters. The van der Waals surface area contributed by atoms with Crippen molar-refractivity contribution in [3.05, 3.63) is 36.2 Å². The lowest BCUT2D eigenvalue weighted by atomic mass is 10.1. The first-order chi connectivity index (χ1) is 7.43. The van der Waals surface area contributed by atoms with E-state index in [2.05, 4.69) is 11.2 Å². The lowest BCUT2D eigenvalue weighted by Crippen LogP contribution is -2.22. The molecule has 2 aromatic heterocycles. The van der Waals surface area contributed by atoms with E-state index < -0.39 is 0 Å². The number of rotatable bonds is 1. The molecule has 0 aromatic carbocycles. The summed E-state index contributed by atoms with van der Waals surface area (Å²) >= 11 is 0. The minimum absolute atomic E-state index is 0.0485. The topological polar surface area (TPSA) is 35.8 Å². The molecule has 15 heavy (non-hydrogen) atoms. The van der Waals surface area contributed by atoms with Gasteiger partial charge in [-0.25, -0.2) is 4.52 Å². The van der Waals surface area contributed by atoms with Gasteiger partial charge in [-0.2, -0.15) is 5.10 Å². The van der Waals surface area contributed by atoms with Crippen LogP contribution in [0.25, 0.3) is 5.52 Å². The predicted molar refractivity (Wildman–Crippen MR) is 54.7 cm³/mol. The van der Waals surface area contributed by atoms with Gasteiger partial charge in [-0.1, -0.05) is 6.07 Å². The Labute approximate surface area is 87.4 Å². The molecule has 0 spiro atoms. The van der Waals surface area contributed by atoms with E-state index in [9.17, 15) is 0 Å². The van der Waals surface area contributed by atoms with E-state index in [4.69, 9.17) is 9.47 Å². The van der Waals surface area contributed by atoms with E-state index in [1.54, 1.807) is 6.20 Å². The van der Waals surface area contributed by atoms with E-state index in [0.29, 0.717) is 19.8 Å². The molecule has 0 amide bonds. The number of pyridine rings is 1. The SMILES string of the molecule is c1cc2ccc(C3COCCO3)cn2n1. The lowest BCUT2D eigenvalue weighted by Gasteiger charge is -2.23. The highest BCUT2D eigenvalue weighted by atomic mass is 16.6. The first-order valence-electron chi connectivity index (χ1n) is 5.06. The van der Waals surface area contributed by atoms with Gasteiger partial charge in [0.2, 0.25) is 0 Å². The van der Waals surface area contributed by atoms with E-state index in [1.807, 2.05) is 22.8 Å². The fourth-order valence-corrected chi connectivity index (χ4v) is 1.80. The summed E-state index contributed by atoms with van der Waals surface area (Å²) in [7, 11) is 0. The maximum absolute atomic E-state index is 5.62. The van der Waals surface area contributed by atoms with E-state index in [0.717, 1.165) is 11.1 Å². The summed E-state index contributed by atoms with van der Waals surface area (Å²) in [4.78, 5) is 0. The molecule has 0 saturated carbocycles. The van der Waals surface area contributed by atoms with Gasteiger partial charge in [0.05, 0.1) is 25.3 Å². The lowest BCUT2D eigenvalue weighted by molar-refractivity contribution is -0.0903. The van der Waals surface area contributed by atoms with Gasteiger partial charge in [-0.15, -0.1) is 0 Å². The summed E-state index contributed by atoms with van der Waals surface area (Å²) in [5, 5.41) is 4.19. The van der Waals surface area contributed by atoms with Crippen LogP contribution in [-0.2, 0) is 9.47 Å². The van der Waals surface area contributed by atoms with Crippen molar-refractivity contribution >= 4 is 5.52 Å². The predicted octanol–water partition coefficient (Wildman–Crippen LogP) is 1.42. The molecule has 1 fully saturated rings. The third-order valence-corrected chi connectivity index (χ3v) is 2.61. The summed E-state index contributed by atoms with van der Waals surface area (Å²) in [6, 6.07) is 6.08. The van der Waals surface area contributed by atoms with Gasteiger partial charge in [-0.05, 0) is 12.1 Å². The average Bonchev–Trinajstić information content (AvgIpc) is 2.77. The van der Waals surface area contributed by atoms with Crippen molar-refractivity contribution in [3.63, 3.8) is 0 Å². The Bertz CT molecular complexity index is 460. The van der Waals surface area contributed by atoms with Crippen LogP contribution >= 0.6 is 0 Å². The molecule has 0 N–H and O–H groups in total. The Hall–Kier alpha value is -1.39. The van der Waals surface area contributed by atoms with Crippen molar-refractivity contribution in [2.45, 2.75) is 6.10 Å². The van der Waals surface area contributed by atoms with Gasteiger partial charge < -0.3 is 9.47 Å². The minimum Gasteiger partial charge on any atom is -0.376 e. The molecule has 1 aliphatic rings. The standard InChI is InChI=1S/C11H12N2O2/c1-2-10-3-4-12-13(10)7-9(1)11-8-14-5-6-15-11/h1-4,7,11H,5-6,8H2. The normalized spacial score (nSPS) is 22.0. The first-order valence-corrected chi connectivity index (χ1v) is 5.06. The second-order valence-electron chi connectivity index (χ2n) is 3.60. The molecule has 2 aromatic rings. The van der Waals surface area contributed by atoms with Crippen LogP contribution in [0.4, 0.5) is 0 Å². The molecular formula is C11H12N2O2. The number of nitrogens with zero attached hydrogens (tertiary/aromatic N) is 2. The third-order valence-electron chi connectivity index (χ3n) is 2.61. The van der Waals surface area contributed by atoms with Gasteiger partial charge >= 0.3 is 0 Å². The molecule has 1 aliphatic heterocycles. The van der Waals surface area contributed by atoms with Crippen LogP contribution in [0.15, 0.2) is 30.6 Å². The van der Waals surface area contributed by atoms with Gasteiger partial charge in [0.15, 0.2) is 0 Å². The third kappa shape index (κ3) is 1.62.